The van der Waals surface area contributed by atoms with E-state index in [9.17, 15) is 0 Å². The first-order valence-electron chi connectivity index (χ1n) is 3.02. The van der Waals surface area contributed by atoms with Crippen LogP contribution in [0.5, 0.6) is 0 Å². The molecule has 1 nitrogen and oxygen atoms in total. The second-order valence-electron chi connectivity index (χ2n) is 2.39. The van der Waals surface area contributed by atoms with Crippen molar-refractivity contribution in [1.29, 1.82) is 0 Å². The molecule has 0 saturated heterocycles. The van der Waals surface area contributed by atoms with Crippen molar-refractivity contribution in [1.82, 2.24) is 4.57 Å². The largest absolute Gasteiger partial charge is 0.333 e. The van der Waals surface area contributed by atoms with E-state index in [0.29, 0.717) is 0 Å². The van der Waals surface area contributed by atoms with Gasteiger partial charge in [-0.1, -0.05) is 0 Å². The van der Waals surface area contributed by atoms with Gasteiger partial charge in [0.15, 0.2) is 0 Å². The molecule has 0 aliphatic rings. The maximum atomic E-state index is 3.48. The van der Waals surface area contributed by atoms with E-state index in [1.54, 1.807) is 0 Å². The number of halogens is 2. The minimum Gasteiger partial charge on any atom is -0.333 e. The molecule has 0 unspecified atom stereocenters. The van der Waals surface area contributed by atoms with E-state index < -0.39 is 0 Å². The zero-order valence-electron chi connectivity index (χ0n) is 6.20. The van der Waals surface area contributed by atoms with Crippen LogP contribution in [0.1, 0.15) is 11.1 Å². The number of nitrogens with zero attached hydrogens (tertiary/aromatic N) is 1. The number of hydrogen-bond acceptors (Lipinski definition) is 0. The van der Waals surface area contributed by atoms with E-state index in [-0.39, 0.29) is 0 Å². The zero-order valence-corrected chi connectivity index (χ0v) is 9.38. The highest BCUT2D eigenvalue weighted by Crippen LogP contribution is 2.28. The van der Waals surface area contributed by atoms with Crippen molar-refractivity contribution in [2.75, 3.05) is 0 Å². The fourth-order valence-corrected chi connectivity index (χ4v) is 2.09. The molecule has 1 aromatic rings. The quantitative estimate of drug-likeness (QED) is 0.680. The SMILES string of the molecule is Cc1c(C)c(Br)n(C)c1Br. The van der Waals surface area contributed by atoms with Gasteiger partial charge in [0.05, 0.1) is 9.21 Å². The van der Waals surface area contributed by atoms with Crippen LogP contribution in [0.3, 0.4) is 0 Å². The molecule has 0 atom stereocenters. The van der Waals surface area contributed by atoms with Gasteiger partial charge in [0.1, 0.15) is 0 Å². The molecule has 0 amide bonds. The molecule has 0 aliphatic carbocycles. The summed E-state index contributed by atoms with van der Waals surface area (Å²) < 4.78 is 4.37. The Morgan fingerprint density at radius 1 is 1.00 bits per heavy atom. The average molecular weight is 267 g/mol. The van der Waals surface area contributed by atoms with Crippen LogP contribution in [-0.4, -0.2) is 4.57 Å². The molecule has 10 heavy (non-hydrogen) atoms. The van der Waals surface area contributed by atoms with E-state index in [4.69, 9.17) is 0 Å². The Morgan fingerprint density at radius 2 is 1.30 bits per heavy atom. The predicted octanol–water partition coefficient (Wildman–Crippen LogP) is 3.17. The second-order valence-corrected chi connectivity index (χ2v) is 3.89. The highest BCUT2D eigenvalue weighted by atomic mass is 79.9. The fourth-order valence-electron chi connectivity index (χ4n) is 0.899. The van der Waals surface area contributed by atoms with Crippen LogP contribution in [0.2, 0.25) is 0 Å². The topological polar surface area (TPSA) is 4.93 Å². The predicted molar refractivity (Wildman–Crippen MR) is 50.3 cm³/mol. The van der Waals surface area contributed by atoms with Crippen molar-refractivity contribution in [3.8, 4) is 0 Å². The first-order valence-corrected chi connectivity index (χ1v) is 4.61. The van der Waals surface area contributed by atoms with Crippen LogP contribution in [0.25, 0.3) is 0 Å². The van der Waals surface area contributed by atoms with Crippen LogP contribution in [-0.2, 0) is 7.05 Å². The van der Waals surface area contributed by atoms with Crippen LogP contribution in [0, 0.1) is 13.8 Å². The second kappa shape index (κ2) is 2.70. The summed E-state index contributed by atoms with van der Waals surface area (Å²) in [6.07, 6.45) is 0. The van der Waals surface area contributed by atoms with Gasteiger partial charge >= 0.3 is 0 Å². The maximum Gasteiger partial charge on any atom is 0.0885 e. The molecule has 3 heteroatoms. The number of hydrogen-bond donors (Lipinski definition) is 0. The Bertz CT molecular complexity index is 183. The summed E-state index contributed by atoms with van der Waals surface area (Å²) in [6, 6.07) is 0. The smallest absolute Gasteiger partial charge is 0.0885 e. The molecule has 1 rings (SSSR count). The summed E-state index contributed by atoms with van der Waals surface area (Å²) in [5.41, 5.74) is 2.60. The van der Waals surface area contributed by atoms with Crippen molar-refractivity contribution in [3.05, 3.63) is 20.3 Å². The minimum absolute atomic E-state index is 1.15. The molecule has 0 saturated carbocycles. The first-order chi connectivity index (χ1) is 4.55. The molecule has 1 aromatic heterocycles. The summed E-state index contributed by atoms with van der Waals surface area (Å²) in [7, 11) is 2.02. The van der Waals surface area contributed by atoms with Crippen molar-refractivity contribution in [2.24, 2.45) is 7.05 Å². The Balaban J connectivity index is 3.44. The first kappa shape index (κ1) is 8.34. The minimum atomic E-state index is 1.15. The molecule has 0 fully saturated rings. The Hall–Kier alpha value is 0.240. The van der Waals surface area contributed by atoms with Gasteiger partial charge in [0.25, 0.3) is 0 Å². The molecule has 1 heterocycles. The van der Waals surface area contributed by atoms with Gasteiger partial charge in [-0.25, -0.2) is 0 Å². The molecule has 0 spiro atoms. The van der Waals surface area contributed by atoms with Gasteiger partial charge in [-0.3, -0.25) is 0 Å². The van der Waals surface area contributed by atoms with Gasteiger partial charge in [0, 0.05) is 7.05 Å². The van der Waals surface area contributed by atoms with Crippen LogP contribution >= 0.6 is 31.9 Å². The third kappa shape index (κ3) is 1.05. The Kier molecular flexibility index (Phi) is 2.25. The lowest BCUT2D eigenvalue weighted by molar-refractivity contribution is 0.871. The van der Waals surface area contributed by atoms with Gasteiger partial charge in [-0.05, 0) is 56.8 Å². The highest BCUT2D eigenvalue weighted by molar-refractivity contribution is 9.11. The molecule has 0 aliphatic heterocycles. The van der Waals surface area contributed by atoms with E-state index >= 15 is 0 Å². The zero-order chi connectivity index (χ0) is 7.89. The van der Waals surface area contributed by atoms with Crippen molar-refractivity contribution in [2.45, 2.75) is 13.8 Å². The van der Waals surface area contributed by atoms with Crippen molar-refractivity contribution < 1.29 is 0 Å². The summed E-state index contributed by atoms with van der Waals surface area (Å²) >= 11 is 6.97. The van der Waals surface area contributed by atoms with Crippen LogP contribution in [0.4, 0.5) is 0 Å². The van der Waals surface area contributed by atoms with E-state index in [1.165, 1.54) is 11.1 Å². The summed E-state index contributed by atoms with van der Waals surface area (Å²) in [4.78, 5) is 0. The third-order valence-corrected chi connectivity index (χ3v) is 4.02. The summed E-state index contributed by atoms with van der Waals surface area (Å²) in [5, 5.41) is 0. The molecular weight excluding hydrogens is 258 g/mol. The number of aromatic nitrogens is 1. The van der Waals surface area contributed by atoms with Crippen LogP contribution in [0.15, 0.2) is 9.21 Å². The van der Waals surface area contributed by atoms with Gasteiger partial charge in [0.2, 0.25) is 0 Å². The van der Waals surface area contributed by atoms with Gasteiger partial charge < -0.3 is 4.57 Å². The van der Waals surface area contributed by atoms with E-state index in [2.05, 4.69) is 50.3 Å². The normalized spacial score (nSPS) is 10.5. The third-order valence-electron chi connectivity index (χ3n) is 1.77. The van der Waals surface area contributed by atoms with Crippen LogP contribution < -0.4 is 0 Å². The van der Waals surface area contributed by atoms with E-state index in [1.807, 2.05) is 7.05 Å². The lowest BCUT2D eigenvalue weighted by Gasteiger charge is -1.94. The lowest BCUT2D eigenvalue weighted by Crippen LogP contribution is -1.86. The van der Waals surface area contributed by atoms with Crippen molar-refractivity contribution in [3.63, 3.8) is 0 Å². The standard InChI is InChI=1S/C7H9Br2N/c1-4-5(2)7(9)10(3)6(4)8/h1-3H3. The monoisotopic (exact) mass is 265 g/mol. The van der Waals surface area contributed by atoms with E-state index in [0.717, 1.165) is 9.21 Å². The molecule has 0 bridgehead atoms. The average Bonchev–Trinajstić information content (AvgIpc) is 2.07. The maximum absolute atomic E-state index is 3.48. The molecule has 0 N–H and O–H groups in total. The fraction of sp³-hybridized carbons (Fsp3) is 0.429. The highest BCUT2D eigenvalue weighted by Gasteiger charge is 2.09. The summed E-state index contributed by atoms with van der Waals surface area (Å²) in [6.45, 7) is 4.20. The number of rotatable bonds is 0. The van der Waals surface area contributed by atoms with Gasteiger partial charge in [-0.2, -0.15) is 0 Å². The molecule has 56 valence electrons. The van der Waals surface area contributed by atoms with Crippen molar-refractivity contribution >= 4 is 31.9 Å². The molecule has 0 aromatic carbocycles. The Labute approximate surface area is 77.7 Å². The molecular formula is C7H9Br2N. The Morgan fingerprint density at radius 3 is 1.40 bits per heavy atom. The lowest BCUT2D eigenvalue weighted by atomic mass is 10.2. The van der Waals surface area contributed by atoms with Gasteiger partial charge in [-0.15, -0.1) is 0 Å². The molecule has 0 radical (unpaired) electrons. The summed E-state index contributed by atoms with van der Waals surface area (Å²) in [5.74, 6) is 0.